The summed E-state index contributed by atoms with van der Waals surface area (Å²) >= 11 is 0. The first-order valence-electron chi connectivity index (χ1n) is 18.0. The monoisotopic (exact) mass is 661 g/mol. The standard InChI is InChI=1S/C51H35N/c1-4-18-39(19-5-1)51(40-20-6-2-7-21-40)46-27-14-12-26-45(46)50-47(51)28-16-30-49(50)52(41-22-8-3-9-23-41)48-29-15-13-25-44(48)38-33-34-43-37(35-38)32-31-36-17-10-11-24-42(36)43/h1-35H. The van der Waals surface area contributed by atoms with E-state index in [1.54, 1.807) is 0 Å². The highest BCUT2D eigenvalue weighted by Crippen LogP contribution is 2.59. The number of anilines is 3. The van der Waals surface area contributed by atoms with Crippen molar-refractivity contribution in [2.45, 2.75) is 5.41 Å². The molecular weight excluding hydrogens is 627 g/mol. The van der Waals surface area contributed by atoms with E-state index in [2.05, 4.69) is 217 Å². The summed E-state index contributed by atoms with van der Waals surface area (Å²) in [7, 11) is 0. The first kappa shape index (κ1) is 30.2. The maximum absolute atomic E-state index is 2.47. The fourth-order valence-electron chi connectivity index (χ4n) is 8.74. The Morgan fingerprint density at radius 1 is 0.346 bits per heavy atom. The number of para-hydroxylation sites is 2. The summed E-state index contributed by atoms with van der Waals surface area (Å²) in [6, 6.07) is 77.8. The van der Waals surface area contributed by atoms with Gasteiger partial charge in [0.25, 0.3) is 0 Å². The molecule has 0 N–H and O–H groups in total. The molecular formula is C51H35N. The van der Waals surface area contributed by atoms with Crippen LogP contribution in [-0.2, 0) is 5.41 Å². The van der Waals surface area contributed by atoms with Crippen LogP contribution in [0.15, 0.2) is 212 Å². The molecule has 1 aliphatic rings. The molecule has 0 amide bonds. The molecule has 9 aromatic carbocycles. The van der Waals surface area contributed by atoms with E-state index in [-0.39, 0.29) is 0 Å². The fourth-order valence-corrected chi connectivity index (χ4v) is 8.74. The summed E-state index contributed by atoms with van der Waals surface area (Å²) in [5.41, 5.74) is 12.9. The Kier molecular flexibility index (Phi) is 7.11. The molecule has 0 saturated heterocycles. The number of hydrogen-bond donors (Lipinski definition) is 0. The van der Waals surface area contributed by atoms with Gasteiger partial charge in [-0.3, -0.25) is 0 Å². The number of benzene rings is 9. The van der Waals surface area contributed by atoms with Gasteiger partial charge in [-0.1, -0.05) is 182 Å². The van der Waals surface area contributed by atoms with Crippen LogP contribution in [0.3, 0.4) is 0 Å². The second-order valence-electron chi connectivity index (χ2n) is 13.6. The summed E-state index contributed by atoms with van der Waals surface area (Å²) < 4.78 is 0. The third kappa shape index (κ3) is 4.56. The predicted octanol–water partition coefficient (Wildman–Crippen LogP) is 13.5. The fraction of sp³-hybridized carbons (Fsp3) is 0.0196. The highest BCUT2D eigenvalue weighted by molar-refractivity contribution is 6.09. The average molecular weight is 662 g/mol. The van der Waals surface area contributed by atoms with Gasteiger partial charge in [0.1, 0.15) is 0 Å². The van der Waals surface area contributed by atoms with E-state index in [1.807, 2.05) is 0 Å². The van der Waals surface area contributed by atoms with Gasteiger partial charge < -0.3 is 4.90 Å². The molecule has 52 heavy (non-hydrogen) atoms. The van der Waals surface area contributed by atoms with Crippen molar-refractivity contribution in [2.24, 2.45) is 0 Å². The second kappa shape index (κ2) is 12.3. The van der Waals surface area contributed by atoms with Gasteiger partial charge in [0.2, 0.25) is 0 Å². The largest absolute Gasteiger partial charge is 0.309 e. The van der Waals surface area contributed by atoms with Crippen LogP contribution in [0.5, 0.6) is 0 Å². The average Bonchev–Trinajstić information content (AvgIpc) is 3.54. The van der Waals surface area contributed by atoms with Crippen LogP contribution < -0.4 is 4.90 Å². The van der Waals surface area contributed by atoms with Crippen LogP contribution in [0.1, 0.15) is 22.3 Å². The number of nitrogens with zero attached hydrogens (tertiary/aromatic N) is 1. The zero-order valence-electron chi connectivity index (χ0n) is 28.7. The van der Waals surface area contributed by atoms with Crippen molar-refractivity contribution in [3.05, 3.63) is 235 Å². The SMILES string of the molecule is c1ccc(N(c2ccccc2-c2ccc3c(ccc4ccccc43)c2)c2cccc3c2-c2ccccc2C3(c2ccccc2)c2ccccc2)cc1. The zero-order valence-corrected chi connectivity index (χ0v) is 28.7. The van der Waals surface area contributed by atoms with Crippen LogP contribution >= 0.6 is 0 Å². The second-order valence-corrected chi connectivity index (χ2v) is 13.6. The van der Waals surface area contributed by atoms with Gasteiger partial charge in [0.05, 0.1) is 16.8 Å². The lowest BCUT2D eigenvalue weighted by molar-refractivity contribution is 0.768. The molecule has 0 heterocycles. The van der Waals surface area contributed by atoms with Crippen molar-refractivity contribution in [1.29, 1.82) is 0 Å². The lowest BCUT2D eigenvalue weighted by atomic mass is 9.68. The van der Waals surface area contributed by atoms with Crippen molar-refractivity contribution in [3.8, 4) is 22.3 Å². The topological polar surface area (TPSA) is 3.24 Å². The molecule has 0 bridgehead atoms. The molecule has 1 heteroatoms. The molecule has 0 spiro atoms. The van der Waals surface area contributed by atoms with Gasteiger partial charge in [-0.2, -0.15) is 0 Å². The minimum absolute atomic E-state index is 0.479. The lowest BCUT2D eigenvalue weighted by Crippen LogP contribution is -2.28. The lowest BCUT2D eigenvalue weighted by Gasteiger charge is -2.34. The van der Waals surface area contributed by atoms with E-state index < -0.39 is 5.41 Å². The quantitative estimate of drug-likeness (QED) is 0.160. The summed E-state index contributed by atoms with van der Waals surface area (Å²) in [4.78, 5) is 2.47. The number of rotatable bonds is 6. The van der Waals surface area contributed by atoms with E-state index in [0.29, 0.717) is 0 Å². The minimum atomic E-state index is -0.479. The van der Waals surface area contributed by atoms with E-state index in [4.69, 9.17) is 0 Å². The number of hydrogen-bond acceptors (Lipinski definition) is 1. The van der Waals surface area contributed by atoms with Crippen molar-refractivity contribution in [1.82, 2.24) is 0 Å². The predicted molar refractivity (Wildman–Crippen MR) is 219 cm³/mol. The molecule has 0 radical (unpaired) electrons. The summed E-state index contributed by atoms with van der Waals surface area (Å²) in [5, 5.41) is 5.06. The van der Waals surface area contributed by atoms with Crippen LogP contribution in [0.25, 0.3) is 43.8 Å². The molecule has 0 saturated carbocycles. The minimum Gasteiger partial charge on any atom is -0.309 e. The maximum Gasteiger partial charge on any atom is 0.0714 e. The highest BCUT2D eigenvalue weighted by atomic mass is 15.1. The van der Waals surface area contributed by atoms with Crippen LogP contribution in [0.4, 0.5) is 17.1 Å². The Morgan fingerprint density at radius 2 is 0.904 bits per heavy atom. The molecule has 0 fully saturated rings. The highest BCUT2D eigenvalue weighted by Gasteiger charge is 2.47. The molecule has 1 aliphatic carbocycles. The molecule has 0 aromatic heterocycles. The van der Waals surface area contributed by atoms with E-state index in [9.17, 15) is 0 Å². The molecule has 0 aliphatic heterocycles. The molecule has 0 atom stereocenters. The van der Waals surface area contributed by atoms with Crippen molar-refractivity contribution >= 4 is 38.6 Å². The van der Waals surface area contributed by atoms with E-state index >= 15 is 0 Å². The Labute approximate surface area is 304 Å². The Bertz CT molecular complexity index is 2690. The third-order valence-corrected chi connectivity index (χ3v) is 10.9. The zero-order chi connectivity index (χ0) is 34.5. The molecule has 244 valence electrons. The van der Waals surface area contributed by atoms with Gasteiger partial charge in [-0.15, -0.1) is 0 Å². The van der Waals surface area contributed by atoms with Crippen molar-refractivity contribution in [3.63, 3.8) is 0 Å². The van der Waals surface area contributed by atoms with Crippen LogP contribution in [0, 0.1) is 0 Å². The van der Waals surface area contributed by atoms with E-state index in [1.165, 1.54) is 66.1 Å². The summed E-state index contributed by atoms with van der Waals surface area (Å²) in [5.74, 6) is 0. The smallest absolute Gasteiger partial charge is 0.0714 e. The maximum atomic E-state index is 2.47. The summed E-state index contributed by atoms with van der Waals surface area (Å²) in [6.45, 7) is 0. The first-order valence-corrected chi connectivity index (χ1v) is 18.0. The van der Waals surface area contributed by atoms with Crippen LogP contribution in [-0.4, -0.2) is 0 Å². The molecule has 9 aromatic rings. The molecule has 10 rings (SSSR count). The van der Waals surface area contributed by atoms with Gasteiger partial charge in [-0.05, 0) is 85.3 Å². The normalized spacial score (nSPS) is 12.8. The van der Waals surface area contributed by atoms with Gasteiger partial charge in [0, 0.05) is 16.8 Å². The Hall–Kier alpha value is -6.70. The Morgan fingerprint density at radius 3 is 1.67 bits per heavy atom. The van der Waals surface area contributed by atoms with Crippen molar-refractivity contribution < 1.29 is 0 Å². The Balaban J connectivity index is 1.25. The van der Waals surface area contributed by atoms with Gasteiger partial charge in [-0.25, -0.2) is 0 Å². The number of fused-ring (bicyclic) bond motifs is 6. The molecule has 1 nitrogen and oxygen atoms in total. The van der Waals surface area contributed by atoms with Crippen molar-refractivity contribution in [2.75, 3.05) is 4.90 Å². The van der Waals surface area contributed by atoms with Crippen LogP contribution in [0.2, 0.25) is 0 Å². The first-order chi connectivity index (χ1) is 25.8. The van der Waals surface area contributed by atoms with Gasteiger partial charge >= 0.3 is 0 Å². The summed E-state index contributed by atoms with van der Waals surface area (Å²) in [6.07, 6.45) is 0. The third-order valence-electron chi connectivity index (χ3n) is 10.9. The van der Waals surface area contributed by atoms with Gasteiger partial charge in [0.15, 0.2) is 0 Å². The molecule has 0 unspecified atom stereocenters. The van der Waals surface area contributed by atoms with E-state index in [0.717, 1.165) is 17.1 Å².